The molecule has 1 aromatic carbocycles. The fraction of sp³-hybridized carbons (Fsp3) is 0.333. The van der Waals surface area contributed by atoms with Crippen molar-refractivity contribution in [3.05, 3.63) is 24.3 Å². The number of anilines is 2. The van der Waals surface area contributed by atoms with Gasteiger partial charge in [-0.05, 0) is 25.0 Å². The first-order chi connectivity index (χ1) is 8.22. The molecule has 2 aromatic rings. The maximum absolute atomic E-state index is 9.27. The zero-order valence-electron chi connectivity index (χ0n) is 9.35. The van der Waals surface area contributed by atoms with E-state index in [0.29, 0.717) is 11.6 Å². The van der Waals surface area contributed by atoms with Gasteiger partial charge in [-0.2, -0.15) is 0 Å². The number of nitrogens with two attached hydrogens (primary N) is 1. The number of nitrogens with one attached hydrogen (secondary N) is 1. The number of aliphatic hydroxyl groups is 1. The third-order valence-corrected chi connectivity index (χ3v) is 3.14. The van der Waals surface area contributed by atoms with Gasteiger partial charge in [-0.15, -0.1) is 0 Å². The summed E-state index contributed by atoms with van der Waals surface area (Å²) >= 11 is 0. The van der Waals surface area contributed by atoms with Gasteiger partial charge in [0.1, 0.15) is 0 Å². The van der Waals surface area contributed by atoms with E-state index in [-0.39, 0.29) is 12.1 Å². The van der Waals surface area contributed by atoms with E-state index in [1.54, 1.807) is 0 Å². The molecule has 1 aliphatic carbocycles. The molecule has 1 saturated carbocycles. The summed E-state index contributed by atoms with van der Waals surface area (Å²) in [7, 11) is 0. The Kier molecular flexibility index (Phi) is 2.16. The van der Waals surface area contributed by atoms with Crippen LogP contribution in [0.15, 0.2) is 24.3 Å². The van der Waals surface area contributed by atoms with Crippen LogP contribution in [0.1, 0.15) is 12.8 Å². The Morgan fingerprint density at radius 3 is 2.47 bits per heavy atom. The molecule has 5 nitrogen and oxygen atoms in total. The van der Waals surface area contributed by atoms with Crippen molar-refractivity contribution < 1.29 is 5.11 Å². The summed E-state index contributed by atoms with van der Waals surface area (Å²) in [6.45, 7) is 0.0982. The summed E-state index contributed by atoms with van der Waals surface area (Å²) in [5, 5.41) is 12.5. The van der Waals surface area contributed by atoms with Crippen LogP contribution in [0.5, 0.6) is 0 Å². The van der Waals surface area contributed by atoms with Crippen LogP contribution in [0, 0.1) is 0 Å². The predicted octanol–water partition coefficient (Wildman–Crippen LogP) is 1.15. The first-order valence-electron chi connectivity index (χ1n) is 5.64. The number of benzene rings is 1. The van der Waals surface area contributed by atoms with Crippen molar-refractivity contribution in [2.75, 3.05) is 17.7 Å². The van der Waals surface area contributed by atoms with Gasteiger partial charge in [0, 0.05) is 0 Å². The average molecular weight is 230 g/mol. The van der Waals surface area contributed by atoms with Crippen molar-refractivity contribution in [2.24, 2.45) is 0 Å². The lowest BCUT2D eigenvalue weighted by Gasteiger charge is -2.16. The summed E-state index contributed by atoms with van der Waals surface area (Å²) in [5.74, 6) is 0.943. The molecule has 0 radical (unpaired) electrons. The van der Waals surface area contributed by atoms with Crippen molar-refractivity contribution in [3.63, 3.8) is 0 Å². The minimum atomic E-state index is -0.231. The fourth-order valence-electron chi connectivity index (χ4n) is 1.83. The highest BCUT2D eigenvalue weighted by molar-refractivity contribution is 5.79. The highest BCUT2D eigenvalue weighted by atomic mass is 16.3. The van der Waals surface area contributed by atoms with Crippen LogP contribution in [0.3, 0.4) is 0 Å². The Labute approximate surface area is 98.7 Å². The van der Waals surface area contributed by atoms with Gasteiger partial charge < -0.3 is 16.2 Å². The SMILES string of the molecule is Nc1nc2ccccc2nc1NC1(CO)CC1. The molecular weight excluding hydrogens is 216 g/mol. The number of para-hydroxylation sites is 2. The Morgan fingerprint density at radius 2 is 1.88 bits per heavy atom. The lowest BCUT2D eigenvalue weighted by Crippen LogP contribution is -2.27. The third-order valence-electron chi connectivity index (χ3n) is 3.14. The lowest BCUT2D eigenvalue weighted by molar-refractivity contribution is 0.266. The van der Waals surface area contributed by atoms with Crippen molar-refractivity contribution in [2.45, 2.75) is 18.4 Å². The van der Waals surface area contributed by atoms with Gasteiger partial charge in [0.15, 0.2) is 11.6 Å². The van der Waals surface area contributed by atoms with Crippen LogP contribution in [0.2, 0.25) is 0 Å². The second kappa shape index (κ2) is 3.56. The van der Waals surface area contributed by atoms with Gasteiger partial charge in [-0.25, -0.2) is 9.97 Å². The van der Waals surface area contributed by atoms with E-state index in [2.05, 4.69) is 15.3 Å². The number of fused-ring (bicyclic) bond motifs is 1. The highest BCUT2D eigenvalue weighted by Gasteiger charge is 2.42. The van der Waals surface area contributed by atoms with Crippen molar-refractivity contribution in [1.29, 1.82) is 0 Å². The van der Waals surface area contributed by atoms with E-state index in [1.807, 2.05) is 24.3 Å². The Hall–Kier alpha value is -1.88. The van der Waals surface area contributed by atoms with Crippen LogP contribution in [-0.2, 0) is 0 Å². The monoisotopic (exact) mass is 230 g/mol. The average Bonchev–Trinajstić information content (AvgIpc) is 3.11. The number of nitrogens with zero attached hydrogens (tertiary/aromatic N) is 2. The van der Waals surface area contributed by atoms with E-state index in [4.69, 9.17) is 5.73 Å². The van der Waals surface area contributed by atoms with Crippen LogP contribution in [-0.4, -0.2) is 27.2 Å². The summed E-state index contributed by atoms with van der Waals surface area (Å²) < 4.78 is 0. The number of rotatable bonds is 3. The molecule has 0 aliphatic heterocycles. The number of aromatic nitrogens is 2. The summed E-state index contributed by atoms with van der Waals surface area (Å²) in [4.78, 5) is 8.73. The number of aliphatic hydroxyl groups excluding tert-OH is 1. The zero-order chi connectivity index (χ0) is 11.9. The van der Waals surface area contributed by atoms with Gasteiger partial charge >= 0.3 is 0 Å². The largest absolute Gasteiger partial charge is 0.394 e. The van der Waals surface area contributed by atoms with E-state index in [0.717, 1.165) is 23.9 Å². The first-order valence-corrected chi connectivity index (χ1v) is 5.64. The van der Waals surface area contributed by atoms with E-state index in [1.165, 1.54) is 0 Å². The quantitative estimate of drug-likeness (QED) is 0.736. The fourth-order valence-corrected chi connectivity index (χ4v) is 1.83. The molecule has 1 heterocycles. The molecule has 17 heavy (non-hydrogen) atoms. The molecule has 0 unspecified atom stereocenters. The topological polar surface area (TPSA) is 84.1 Å². The van der Waals surface area contributed by atoms with Crippen LogP contribution in [0.4, 0.5) is 11.6 Å². The molecule has 0 spiro atoms. The molecule has 5 heteroatoms. The Morgan fingerprint density at radius 1 is 1.24 bits per heavy atom. The molecule has 0 amide bonds. The smallest absolute Gasteiger partial charge is 0.170 e. The zero-order valence-corrected chi connectivity index (χ0v) is 9.35. The van der Waals surface area contributed by atoms with Crippen molar-refractivity contribution in [3.8, 4) is 0 Å². The molecule has 1 fully saturated rings. The maximum atomic E-state index is 9.27. The van der Waals surface area contributed by atoms with Gasteiger partial charge in [-0.3, -0.25) is 0 Å². The summed E-state index contributed by atoms with van der Waals surface area (Å²) in [5.41, 5.74) is 7.21. The molecule has 4 N–H and O–H groups in total. The Balaban J connectivity index is 2.01. The van der Waals surface area contributed by atoms with Crippen LogP contribution >= 0.6 is 0 Å². The first kappa shape index (κ1) is 10.3. The lowest BCUT2D eigenvalue weighted by atomic mass is 10.2. The molecule has 0 atom stereocenters. The van der Waals surface area contributed by atoms with Gasteiger partial charge in [-0.1, -0.05) is 12.1 Å². The van der Waals surface area contributed by atoms with Crippen LogP contribution < -0.4 is 11.1 Å². The molecule has 88 valence electrons. The number of hydrogen-bond acceptors (Lipinski definition) is 5. The van der Waals surface area contributed by atoms with E-state index < -0.39 is 0 Å². The summed E-state index contributed by atoms with van der Waals surface area (Å²) in [6, 6.07) is 7.59. The molecule has 0 saturated heterocycles. The normalized spacial score (nSPS) is 17.0. The summed E-state index contributed by atoms with van der Waals surface area (Å²) in [6.07, 6.45) is 1.88. The van der Waals surface area contributed by atoms with Gasteiger partial charge in [0.25, 0.3) is 0 Å². The molecular formula is C12H14N4O. The van der Waals surface area contributed by atoms with E-state index >= 15 is 0 Å². The minimum absolute atomic E-state index is 0.0982. The number of nitrogen functional groups attached to an aromatic ring is 1. The second-order valence-electron chi connectivity index (χ2n) is 4.51. The second-order valence-corrected chi connectivity index (χ2v) is 4.51. The maximum Gasteiger partial charge on any atom is 0.170 e. The Bertz CT molecular complexity index is 565. The van der Waals surface area contributed by atoms with Crippen LogP contribution in [0.25, 0.3) is 11.0 Å². The minimum Gasteiger partial charge on any atom is -0.394 e. The van der Waals surface area contributed by atoms with Crippen molar-refractivity contribution >= 4 is 22.7 Å². The highest BCUT2D eigenvalue weighted by Crippen LogP contribution is 2.39. The molecule has 1 aromatic heterocycles. The third kappa shape index (κ3) is 1.78. The van der Waals surface area contributed by atoms with Crippen molar-refractivity contribution in [1.82, 2.24) is 9.97 Å². The van der Waals surface area contributed by atoms with Gasteiger partial charge in [0.2, 0.25) is 0 Å². The van der Waals surface area contributed by atoms with Gasteiger partial charge in [0.05, 0.1) is 23.2 Å². The van der Waals surface area contributed by atoms with E-state index in [9.17, 15) is 5.11 Å². The molecule has 0 bridgehead atoms. The molecule has 1 aliphatic rings. The standard InChI is InChI=1S/C12H14N4O/c13-10-11(16-12(7-17)5-6-12)15-9-4-2-1-3-8(9)14-10/h1-4,17H,5-7H2,(H2,13,14)(H,15,16). The molecule has 3 rings (SSSR count). The predicted molar refractivity (Wildman–Crippen MR) is 66.6 cm³/mol. The number of hydrogen-bond donors (Lipinski definition) is 3.